The van der Waals surface area contributed by atoms with Crippen LogP contribution in [0, 0.1) is 0 Å². The maximum atomic E-state index is 11.9. The van der Waals surface area contributed by atoms with Gasteiger partial charge in [-0.3, -0.25) is 0 Å². The van der Waals surface area contributed by atoms with Crippen LogP contribution >= 0.6 is 0 Å². The molecule has 0 aliphatic heterocycles. The number of fused-ring (bicyclic) bond motifs is 1. The van der Waals surface area contributed by atoms with E-state index in [1.165, 1.54) is 0 Å². The summed E-state index contributed by atoms with van der Waals surface area (Å²) in [6.45, 7) is -0.568. The molecular formula is C10H9F2NO. The number of halogens is 2. The van der Waals surface area contributed by atoms with Crippen LogP contribution in [0.2, 0.25) is 0 Å². The van der Waals surface area contributed by atoms with Gasteiger partial charge in [0, 0.05) is 17.1 Å². The molecule has 0 unspecified atom stereocenters. The van der Waals surface area contributed by atoms with Crippen molar-refractivity contribution in [3.63, 3.8) is 0 Å². The van der Waals surface area contributed by atoms with Gasteiger partial charge in [-0.1, -0.05) is 12.1 Å². The molecule has 0 amide bonds. The molecular weight excluding hydrogens is 188 g/mol. The fraction of sp³-hybridized carbons (Fsp3) is 0.200. The molecule has 0 atom stereocenters. The molecule has 0 fully saturated rings. The highest BCUT2D eigenvalue weighted by Gasteiger charge is 2.07. The number of alkyl halides is 2. The first-order valence-corrected chi connectivity index (χ1v) is 4.24. The fourth-order valence-corrected chi connectivity index (χ4v) is 1.32. The predicted molar refractivity (Wildman–Crippen MR) is 49.8 cm³/mol. The zero-order valence-corrected chi connectivity index (χ0v) is 7.34. The SMILES string of the molecule is FC(F)COc1c[nH]c2ccccc12. The largest absolute Gasteiger partial charge is 0.485 e. The Morgan fingerprint density at radius 1 is 1.29 bits per heavy atom. The molecule has 0 saturated carbocycles. The molecule has 1 heterocycles. The summed E-state index contributed by atoms with van der Waals surface area (Å²) in [5.41, 5.74) is 0.886. The first kappa shape index (κ1) is 8.99. The van der Waals surface area contributed by atoms with E-state index >= 15 is 0 Å². The van der Waals surface area contributed by atoms with Crippen molar-refractivity contribution in [2.45, 2.75) is 6.43 Å². The number of para-hydroxylation sites is 1. The number of rotatable bonds is 3. The molecule has 1 aromatic heterocycles. The van der Waals surface area contributed by atoms with Crippen LogP contribution in [-0.2, 0) is 0 Å². The summed E-state index contributed by atoms with van der Waals surface area (Å²) in [5.74, 6) is 0.473. The predicted octanol–water partition coefficient (Wildman–Crippen LogP) is 2.81. The van der Waals surface area contributed by atoms with E-state index in [4.69, 9.17) is 4.74 Å². The maximum Gasteiger partial charge on any atom is 0.272 e. The second kappa shape index (κ2) is 3.65. The van der Waals surface area contributed by atoms with Gasteiger partial charge in [0.2, 0.25) is 0 Å². The topological polar surface area (TPSA) is 25.0 Å². The van der Waals surface area contributed by atoms with Gasteiger partial charge >= 0.3 is 0 Å². The van der Waals surface area contributed by atoms with Crippen molar-refractivity contribution in [2.75, 3.05) is 6.61 Å². The normalized spacial score (nSPS) is 11.1. The maximum absolute atomic E-state index is 11.9. The number of nitrogens with one attached hydrogen (secondary N) is 1. The lowest BCUT2D eigenvalue weighted by Gasteiger charge is -2.02. The van der Waals surface area contributed by atoms with Gasteiger partial charge in [-0.15, -0.1) is 0 Å². The average Bonchev–Trinajstić information content (AvgIpc) is 2.58. The first-order valence-electron chi connectivity index (χ1n) is 4.24. The molecule has 0 saturated heterocycles. The number of hydrogen-bond donors (Lipinski definition) is 1. The summed E-state index contributed by atoms with van der Waals surface area (Å²) in [7, 11) is 0. The second-order valence-electron chi connectivity index (χ2n) is 2.90. The number of benzene rings is 1. The Balaban J connectivity index is 2.25. The molecule has 14 heavy (non-hydrogen) atoms. The molecule has 1 aromatic carbocycles. The van der Waals surface area contributed by atoms with Gasteiger partial charge in [-0.25, -0.2) is 8.78 Å². The van der Waals surface area contributed by atoms with Crippen molar-refractivity contribution >= 4 is 10.9 Å². The minimum absolute atomic E-state index is 0.473. The molecule has 74 valence electrons. The highest BCUT2D eigenvalue weighted by Crippen LogP contribution is 2.24. The van der Waals surface area contributed by atoms with Crippen LogP contribution in [0.1, 0.15) is 0 Å². The van der Waals surface area contributed by atoms with E-state index in [9.17, 15) is 8.78 Å². The number of H-pyrrole nitrogens is 1. The molecule has 1 N–H and O–H groups in total. The number of aromatic nitrogens is 1. The van der Waals surface area contributed by atoms with E-state index in [-0.39, 0.29) is 0 Å². The highest BCUT2D eigenvalue weighted by atomic mass is 19.3. The molecule has 2 nitrogen and oxygen atoms in total. The van der Waals surface area contributed by atoms with E-state index in [0.29, 0.717) is 5.75 Å². The van der Waals surface area contributed by atoms with Crippen LogP contribution in [0.15, 0.2) is 30.5 Å². The number of ether oxygens (including phenoxy) is 1. The van der Waals surface area contributed by atoms with Crippen LogP contribution in [0.3, 0.4) is 0 Å². The van der Waals surface area contributed by atoms with Gasteiger partial charge in [0.1, 0.15) is 12.4 Å². The van der Waals surface area contributed by atoms with Crippen LogP contribution in [-0.4, -0.2) is 18.0 Å². The minimum atomic E-state index is -2.44. The van der Waals surface area contributed by atoms with Crippen molar-refractivity contribution in [3.8, 4) is 5.75 Å². The Morgan fingerprint density at radius 2 is 2.07 bits per heavy atom. The van der Waals surface area contributed by atoms with E-state index in [2.05, 4.69) is 4.98 Å². The third-order valence-corrected chi connectivity index (χ3v) is 1.92. The quantitative estimate of drug-likeness (QED) is 0.804. The summed E-state index contributed by atoms with van der Waals surface area (Å²) >= 11 is 0. The van der Waals surface area contributed by atoms with Gasteiger partial charge in [0.15, 0.2) is 0 Å². The van der Waals surface area contributed by atoms with E-state index in [1.807, 2.05) is 24.3 Å². The smallest absolute Gasteiger partial charge is 0.272 e. The first-order chi connectivity index (χ1) is 6.77. The Hall–Kier alpha value is -1.58. The van der Waals surface area contributed by atoms with Gasteiger partial charge in [0.25, 0.3) is 6.43 Å². The third-order valence-electron chi connectivity index (χ3n) is 1.92. The molecule has 2 rings (SSSR count). The Labute approximate surface area is 79.5 Å². The second-order valence-corrected chi connectivity index (χ2v) is 2.90. The molecule has 0 bridgehead atoms. The lowest BCUT2D eigenvalue weighted by molar-refractivity contribution is 0.0827. The average molecular weight is 197 g/mol. The molecule has 4 heteroatoms. The summed E-state index contributed by atoms with van der Waals surface area (Å²) in [5, 5.41) is 0.827. The number of aromatic amines is 1. The standard InChI is InChI=1S/C10H9F2NO/c11-10(12)6-14-9-5-13-8-4-2-1-3-7(8)9/h1-5,10,13H,6H2. The summed E-state index contributed by atoms with van der Waals surface area (Å²) < 4.78 is 28.7. The summed E-state index contributed by atoms with van der Waals surface area (Å²) in [4.78, 5) is 2.94. The van der Waals surface area contributed by atoms with Gasteiger partial charge < -0.3 is 9.72 Å². The van der Waals surface area contributed by atoms with Crippen LogP contribution in [0.5, 0.6) is 5.75 Å². The summed E-state index contributed by atoms with van der Waals surface area (Å²) in [6.07, 6.45) is -0.851. The molecule has 2 aromatic rings. The molecule has 0 radical (unpaired) electrons. The van der Waals surface area contributed by atoms with Crippen molar-refractivity contribution in [3.05, 3.63) is 30.5 Å². The van der Waals surface area contributed by atoms with E-state index in [1.54, 1.807) is 6.20 Å². The van der Waals surface area contributed by atoms with Crippen molar-refractivity contribution in [1.82, 2.24) is 4.98 Å². The zero-order chi connectivity index (χ0) is 9.97. The molecule has 0 spiro atoms. The van der Waals surface area contributed by atoms with Crippen LogP contribution in [0.4, 0.5) is 8.78 Å². The Bertz CT molecular complexity index is 425. The van der Waals surface area contributed by atoms with Crippen LogP contribution in [0.25, 0.3) is 10.9 Å². The monoisotopic (exact) mass is 197 g/mol. The highest BCUT2D eigenvalue weighted by molar-refractivity contribution is 5.85. The van der Waals surface area contributed by atoms with Crippen molar-refractivity contribution < 1.29 is 13.5 Å². The Morgan fingerprint density at radius 3 is 2.86 bits per heavy atom. The lowest BCUT2D eigenvalue weighted by Crippen LogP contribution is -2.06. The zero-order valence-electron chi connectivity index (χ0n) is 7.34. The third kappa shape index (κ3) is 1.69. The van der Waals surface area contributed by atoms with Crippen LogP contribution < -0.4 is 4.74 Å². The van der Waals surface area contributed by atoms with Crippen molar-refractivity contribution in [1.29, 1.82) is 0 Å². The van der Waals surface area contributed by atoms with E-state index in [0.717, 1.165) is 10.9 Å². The lowest BCUT2D eigenvalue weighted by atomic mass is 10.2. The van der Waals surface area contributed by atoms with Crippen molar-refractivity contribution in [2.24, 2.45) is 0 Å². The van der Waals surface area contributed by atoms with Gasteiger partial charge in [-0.2, -0.15) is 0 Å². The minimum Gasteiger partial charge on any atom is -0.485 e. The number of hydrogen-bond acceptors (Lipinski definition) is 1. The fourth-order valence-electron chi connectivity index (χ4n) is 1.32. The van der Waals surface area contributed by atoms with E-state index < -0.39 is 13.0 Å². The molecule has 0 aliphatic rings. The van der Waals surface area contributed by atoms with Gasteiger partial charge in [-0.05, 0) is 12.1 Å². The Kier molecular flexibility index (Phi) is 2.35. The summed E-state index contributed by atoms with van der Waals surface area (Å²) in [6, 6.07) is 7.40. The molecule has 0 aliphatic carbocycles. The van der Waals surface area contributed by atoms with Gasteiger partial charge in [0.05, 0.1) is 0 Å².